The van der Waals surface area contributed by atoms with Gasteiger partial charge >= 0.3 is 0 Å². The first-order valence-electron chi connectivity index (χ1n) is 6.04. The zero-order valence-electron chi connectivity index (χ0n) is 11.0. The van der Waals surface area contributed by atoms with E-state index in [0.29, 0.717) is 18.2 Å². The normalized spacial score (nSPS) is 12.8. The number of aliphatic hydroxyl groups excluding tert-OH is 1. The van der Waals surface area contributed by atoms with E-state index in [0.717, 1.165) is 16.6 Å². The summed E-state index contributed by atoms with van der Waals surface area (Å²) in [5.74, 6) is 0. The summed E-state index contributed by atoms with van der Waals surface area (Å²) in [6.07, 6.45) is -0.343. The van der Waals surface area contributed by atoms with Gasteiger partial charge in [-0.25, -0.2) is 0 Å². The van der Waals surface area contributed by atoms with Crippen LogP contribution in [0.4, 0.5) is 0 Å². The first-order chi connectivity index (χ1) is 8.43. The summed E-state index contributed by atoms with van der Waals surface area (Å²) < 4.78 is 0.942. The van der Waals surface area contributed by atoms with Gasteiger partial charge in [0.05, 0.1) is 17.7 Å². The fourth-order valence-electron chi connectivity index (χ4n) is 1.76. The van der Waals surface area contributed by atoms with Gasteiger partial charge in [0, 0.05) is 23.6 Å². The number of nitriles is 1. The van der Waals surface area contributed by atoms with Crippen molar-refractivity contribution in [2.24, 2.45) is 0 Å². The average molecular weight is 311 g/mol. The Balaban J connectivity index is 2.84. The Hall–Kier alpha value is -0.890. The highest BCUT2D eigenvalue weighted by atomic mass is 79.9. The largest absolute Gasteiger partial charge is 0.392 e. The lowest BCUT2D eigenvalue weighted by atomic mass is 10.1. The summed E-state index contributed by atoms with van der Waals surface area (Å²) in [5.41, 5.74) is 1.78. The molecule has 0 spiro atoms. The molecule has 1 aromatic carbocycles. The monoisotopic (exact) mass is 310 g/mol. The van der Waals surface area contributed by atoms with Crippen molar-refractivity contribution in [3.05, 3.63) is 33.8 Å². The minimum atomic E-state index is -0.343. The summed E-state index contributed by atoms with van der Waals surface area (Å²) in [5, 5.41) is 18.3. The molecule has 0 saturated heterocycles. The highest BCUT2D eigenvalue weighted by molar-refractivity contribution is 9.10. The Morgan fingerprint density at radius 2 is 2.06 bits per heavy atom. The molecule has 3 nitrogen and oxygen atoms in total. The van der Waals surface area contributed by atoms with Crippen molar-refractivity contribution >= 4 is 15.9 Å². The highest BCUT2D eigenvalue weighted by Gasteiger charge is 2.14. The van der Waals surface area contributed by atoms with Crippen LogP contribution in [-0.2, 0) is 6.54 Å². The number of benzene rings is 1. The van der Waals surface area contributed by atoms with E-state index in [-0.39, 0.29) is 6.10 Å². The molecule has 1 aromatic rings. The summed E-state index contributed by atoms with van der Waals surface area (Å²) in [7, 11) is 0. The molecular weight excluding hydrogens is 292 g/mol. The highest BCUT2D eigenvalue weighted by Crippen LogP contribution is 2.21. The second kappa shape index (κ2) is 6.89. The molecule has 0 amide bonds. The maximum atomic E-state index is 9.50. The molecule has 18 heavy (non-hydrogen) atoms. The van der Waals surface area contributed by atoms with Crippen molar-refractivity contribution in [3.63, 3.8) is 0 Å². The lowest BCUT2D eigenvalue weighted by Crippen LogP contribution is -2.36. The van der Waals surface area contributed by atoms with Crippen LogP contribution in [0.5, 0.6) is 0 Å². The molecule has 0 fully saturated rings. The summed E-state index contributed by atoms with van der Waals surface area (Å²) in [6.45, 7) is 7.42. The number of rotatable bonds is 5. The quantitative estimate of drug-likeness (QED) is 0.909. The van der Waals surface area contributed by atoms with Crippen molar-refractivity contribution in [2.45, 2.75) is 39.5 Å². The summed E-state index contributed by atoms with van der Waals surface area (Å²) >= 11 is 3.49. The van der Waals surface area contributed by atoms with Crippen LogP contribution in [0.3, 0.4) is 0 Å². The molecule has 0 aliphatic heterocycles. The fourth-order valence-corrected chi connectivity index (χ4v) is 2.27. The van der Waals surface area contributed by atoms with E-state index < -0.39 is 0 Å². The van der Waals surface area contributed by atoms with Gasteiger partial charge in [-0.15, -0.1) is 0 Å². The third-order valence-electron chi connectivity index (χ3n) is 2.78. The van der Waals surface area contributed by atoms with E-state index in [1.165, 1.54) is 0 Å². The Labute approximate surface area is 117 Å². The van der Waals surface area contributed by atoms with E-state index in [1.54, 1.807) is 6.92 Å². The Morgan fingerprint density at radius 1 is 1.39 bits per heavy atom. The van der Waals surface area contributed by atoms with E-state index in [4.69, 9.17) is 5.26 Å². The van der Waals surface area contributed by atoms with Gasteiger partial charge in [0.25, 0.3) is 0 Å². The molecule has 0 aliphatic carbocycles. The van der Waals surface area contributed by atoms with Gasteiger partial charge in [-0.1, -0.05) is 22.0 Å². The van der Waals surface area contributed by atoms with Crippen LogP contribution in [0, 0.1) is 11.3 Å². The van der Waals surface area contributed by atoms with Crippen LogP contribution in [-0.4, -0.2) is 28.7 Å². The number of aliphatic hydroxyl groups is 1. The first kappa shape index (κ1) is 15.2. The van der Waals surface area contributed by atoms with Gasteiger partial charge in [-0.2, -0.15) is 5.26 Å². The number of nitrogens with zero attached hydrogens (tertiary/aromatic N) is 2. The van der Waals surface area contributed by atoms with Gasteiger partial charge in [0.1, 0.15) is 0 Å². The molecule has 0 aliphatic rings. The van der Waals surface area contributed by atoms with Gasteiger partial charge < -0.3 is 5.11 Å². The lowest BCUT2D eigenvalue weighted by Gasteiger charge is -2.28. The number of hydrogen-bond acceptors (Lipinski definition) is 3. The molecule has 1 unspecified atom stereocenters. The van der Waals surface area contributed by atoms with Crippen LogP contribution < -0.4 is 0 Å². The van der Waals surface area contributed by atoms with Crippen molar-refractivity contribution in [1.82, 2.24) is 4.90 Å². The van der Waals surface area contributed by atoms with Gasteiger partial charge in [0.15, 0.2) is 0 Å². The predicted octanol–water partition coefficient (Wildman–Crippen LogP) is 2.91. The Bertz CT molecular complexity index is 438. The molecule has 0 radical (unpaired) electrons. The van der Waals surface area contributed by atoms with Crippen LogP contribution in [0.15, 0.2) is 22.7 Å². The molecule has 98 valence electrons. The number of halogens is 1. The maximum Gasteiger partial charge on any atom is 0.0992 e. The van der Waals surface area contributed by atoms with E-state index in [2.05, 4.69) is 40.7 Å². The zero-order chi connectivity index (χ0) is 13.7. The van der Waals surface area contributed by atoms with Crippen LogP contribution >= 0.6 is 15.9 Å². The van der Waals surface area contributed by atoms with Crippen molar-refractivity contribution < 1.29 is 5.11 Å². The Kier molecular flexibility index (Phi) is 5.80. The van der Waals surface area contributed by atoms with Gasteiger partial charge in [0.2, 0.25) is 0 Å². The molecule has 4 heteroatoms. The number of hydrogen-bond donors (Lipinski definition) is 1. The molecule has 1 rings (SSSR count). The molecule has 0 saturated carbocycles. The minimum absolute atomic E-state index is 0.343. The van der Waals surface area contributed by atoms with Gasteiger partial charge in [-0.3, -0.25) is 4.90 Å². The van der Waals surface area contributed by atoms with Crippen molar-refractivity contribution in [1.29, 1.82) is 5.26 Å². The molecule has 0 bridgehead atoms. The summed E-state index contributed by atoms with van der Waals surface area (Å²) in [4.78, 5) is 2.21. The predicted molar refractivity (Wildman–Crippen MR) is 76.1 cm³/mol. The zero-order valence-corrected chi connectivity index (χ0v) is 12.6. The second-order valence-electron chi connectivity index (χ2n) is 4.79. The molecule has 0 heterocycles. The van der Waals surface area contributed by atoms with E-state index >= 15 is 0 Å². The molecule has 1 atom stereocenters. The van der Waals surface area contributed by atoms with E-state index in [1.807, 2.05) is 18.2 Å². The van der Waals surface area contributed by atoms with Crippen LogP contribution in [0.25, 0.3) is 0 Å². The van der Waals surface area contributed by atoms with E-state index in [9.17, 15) is 5.11 Å². The maximum absolute atomic E-state index is 9.50. The Morgan fingerprint density at radius 3 is 2.50 bits per heavy atom. The molecular formula is C14H19BrN2O. The van der Waals surface area contributed by atoms with Crippen molar-refractivity contribution in [2.75, 3.05) is 6.54 Å². The fraction of sp³-hybridized carbons (Fsp3) is 0.500. The van der Waals surface area contributed by atoms with Crippen molar-refractivity contribution in [3.8, 4) is 6.07 Å². The summed E-state index contributed by atoms with van der Waals surface area (Å²) in [6, 6.07) is 8.09. The SMILES string of the molecule is CC(O)CN(Cc1ccc(C#N)cc1Br)C(C)C. The second-order valence-corrected chi connectivity index (χ2v) is 5.64. The smallest absolute Gasteiger partial charge is 0.0992 e. The lowest BCUT2D eigenvalue weighted by molar-refractivity contribution is 0.103. The minimum Gasteiger partial charge on any atom is -0.392 e. The average Bonchev–Trinajstić information content (AvgIpc) is 2.29. The molecule has 1 N–H and O–H groups in total. The first-order valence-corrected chi connectivity index (χ1v) is 6.84. The topological polar surface area (TPSA) is 47.3 Å². The van der Waals surface area contributed by atoms with Gasteiger partial charge in [-0.05, 0) is 38.5 Å². The third kappa shape index (κ3) is 4.41. The van der Waals surface area contributed by atoms with Crippen LogP contribution in [0.1, 0.15) is 31.9 Å². The molecule has 0 aromatic heterocycles. The standard InChI is InChI=1S/C14H19BrN2O/c1-10(2)17(8-11(3)18)9-13-5-4-12(7-16)6-14(13)15/h4-6,10-11,18H,8-9H2,1-3H3. The third-order valence-corrected chi connectivity index (χ3v) is 3.52. The van der Waals surface area contributed by atoms with Crippen LogP contribution in [0.2, 0.25) is 0 Å².